The third kappa shape index (κ3) is 4.25. The van der Waals surface area contributed by atoms with Crippen molar-refractivity contribution in [1.29, 1.82) is 0 Å². The second-order valence-corrected chi connectivity index (χ2v) is 9.91. The van der Waals surface area contributed by atoms with E-state index in [1.54, 1.807) is 24.1 Å². The maximum absolute atomic E-state index is 14.2. The van der Waals surface area contributed by atoms with Crippen LogP contribution >= 0.6 is 11.8 Å². The van der Waals surface area contributed by atoms with Crippen LogP contribution in [-0.4, -0.2) is 42.7 Å². The lowest BCUT2D eigenvalue weighted by Gasteiger charge is -2.34. The Kier molecular flexibility index (Phi) is 6.46. The van der Waals surface area contributed by atoms with Crippen molar-refractivity contribution in [3.05, 3.63) is 71.5 Å². The van der Waals surface area contributed by atoms with Gasteiger partial charge in [0, 0.05) is 34.7 Å². The first-order valence-electron chi connectivity index (χ1n) is 11.6. The summed E-state index contributed by atoms with van der Waals surface area (Å²) in [6.07, 6.45) is 2.26. The van der Waals surface area contributed by atoms with Gasteiger partial charge in [-0.25, -0.2) is 4.39 Å². The monoisotopic (exact) mass is 478 g/mol. The predicted molar refractivity (Wildman–Crippen MR) is 132 cm³/mol. The molecule has 7 heteroatoms. The first kappa shape index (κ1) is 22.7. The van der Waals surface area contributed by atoms with Gasteiger partial charge in [-0.15, -0.1) is 11.8 Å². The third-order valence-electron chi connectivity index (χ3n) is 6.76. The third-order valence-corrected chi connectivity index (χ3v) is 7.92. The SMILES string of the molecule is COc1ccc(C(=O)N2CCC[C@@H](C(=O)N[C@@H]3CCSc4c(F)cccc43)C2)c2ccccc12. The molecule has 1 saturated heterocycles. The Morgan fingerprint density at radius 2 is 1.88 bits per heavy atom. The number of benzene rings is 3. The molecule has 0 radical (unpaired) electrons. The number of nitrogens with zero attached hydrogens (tertiary/aromatic N) is 1. The van der Waals surface area contributed by atoms with Crippen molar-refractivity contribution in [1.82, 2.24) is 10.2 Å². The zero-order chi connectivity index (χ0) is 23.7. The zero-order valence-electron chi connectivity index (χ0n) is 19.1. The predicted octanol–water partition coefficient (Wildman–Crippen LogP) is 5.19. The summed E-state index contributed by atoms with van der Waals surface area (Å²) in [7, 11) is 1.62. The van der Waals surface area contributed by atoms with Gasteiger partial charge in [0.2, 0.25) is 5.91 Å². The lowest BCUT2D eigenvalue weighted by Crippen LogP contribution is -2.46. The molecule has 0 aliphatic carbocycles. The second-order valence-electron chi connectivity index (χ2n) is 8.81. The van der Waals surface area contributed by atoms with Crippen molar-refractivity contribution in [2.24, 2.45) is 5.92 Å². The van der Waals surface area contributed by atoms with Gasteiger partial charge < -0.3 is 15.0 Å². The number of hydrogen-bond acceptors (Lipinski definition) is 4. The average molecular weight is 479 g/mol. The van der Waals surface area contributed by atoms with Gasteiger partial charge >= 0.3 is 0 Å². The topological polar surface area (TPSA) is 58.6 Å². The van der Waals surface area contributed by atoms with Crippen LogP contribution in [0.5, 0.6) is 5.75 Å². The molecule has 1 fully saturated rings. The summed E-state index contributed by atoms with van der Waals surface area (Å²) in [6.45, 7) is 1.000. The molecule has 3 aromatic carbocycles. The van der Waals surface area contributed by atoms with Crippen molar-refractivity contribution in [2.75, 3.05) is 26.0 Å². The molecular formula is C27H27FN2O3S. The molecule has 2 atom stereocenters. The number of hydrogen-bond donors (Lipinski definition) is 1. The number of halogens is 1. The molecule has 2 aliphatic rings. The van der Waals surface area contributed by atoms with Crippen molar-refractivity contribution in [2.45, 2.75) is 30.2 Å². The summed E-state index contributed by atoms with van der Waals surface area (Å²) in [6, 6.07) is 16.2. The average Bonchev–Trinajstić information content (AvgIpc) is 2.88. The Bertz CT molecular complexity index is 1250. The van der Waals surface area contributed by atoms with Crippen molar-refractivity contribution in [3.63, 3.8) is 0 Å². The van der Waals surface area contributed by atoms with Gasteiger partial charge in [-0.1, -0.05) is 36.4 Å². The normalized spacial score (nSPS) is 20.0. The van der Waals surface area contributed by atoms with E-state index < -0.39 is 0 Å². The first-order chi connectivity index (χ1) is 16.6. The van der Waals surface area contributed by atoms with Crippen LogP contribution in [-0.2, 0) is 4.79 Å². The van der Waals surface area contributed by atoms with Gasteiger partial charge in [-0.2, -0.15) is 0 Å². The zero-order valence-corrected chi connectivity index (χ0v) is 19.9. The number of carbonyl (C=O) groups excluding carboxylic acids is 2. The fourth-order valence-electron chi connectivity index (χ4n) is 5.01. The molecule has 2 amide bonds. The molecule has 0 spiro atoms. The van der Waals surface area contributed by atoms with Crippen LogP contribution in [0.25, 0.3) is 10.8 Å². The van der Waals surface area contributed by atoms with Crippen LogP contribution < -0.4 is 10.1 Å². The molecular weight excluding hydrogens is 451 g/mol. The molecule has 3 aromatic rings. The highest BCUT2D eigenvalue weighted by Gasteiger charge is 2.32. The van der Waals surface area contributed by atoms with E-state index in [9.17, 15) is 14.0 Å². The molecule has 34 heavy (non-hydrogen) atoms. The number of likely N-dealkylation sites (tertiary alicyclic amines) is 1. The summed E-state index contributed by atoms with van der Waals surface area (Å²) in [5, 5.41) is 4.88. The molecule has 5 nitrogen and oxygen atoms in total. The minimum Gasteiger partial charge on any atom is -0.496 e. The van der Waals surface area contributed by atoms with Crippen LogP contribution in [0.3, 0.4) is 0 Å². The standard InChI is InChI=1S/C27H27FN2O3S/c1-33-24-12-11-20(18-7-2-3-8-19(18)24)27(32)30-14-5-6-17(16-30)26(31)29-23-13-15-34-25-21(23)9-4-10-22(25)28/h2-4,7-12,17,23H,5-6,13-16H2,1H3,(H,29,31)/t17-,23-/m1/s1. The highest BCUT2D eigenvalue weighted by atomic mass is 32.2. The van der Waals surface area contributed by atoms with E-state index in [2.05, 4.69) is 5.32 Å². The van der Waals surface area contributed by atoms with Gasteiger partial charge in [0.15, 0.2) is 0 Å². The molecule has 0 saturated carbocycles. The quantitative estimate of drug-likeness (QED) is 0.561. The van der Waals surface area contributed by atoms with E-state index in [1.807, 2.05) is 36.4 Å². The van der Waals surface area contributed by atoms with Crippen LogP contribution in [0.15, 0.2) is 59.5 Å². The summed E-state index contributed by atoms with van der Waals surface area (Å²) in [5.41, 5.74) is 1.46. The van der Waals surface area contributed by atoms with E-state index in [1.165, 1.54) is 17.8 Å². The maximum Gasteiger partial charge on any atom is 0.254 e. The minimum absolute atomic E-state index is 0.0656. The molecule has 0 bridgehead atoms. The van der Waals surface area contributed by atoms with Gasteiger partial charge in [-0.3, -0.25) is 9.59 Å². The number of rotatable bonds is 4. The first-order valence-corrected chi connectivity index (χ1v) is 12.6. The van der Waals surface area contributed by atoms with Crippen LogP contribution in [0, 0.1) is 11.7 Å². The number of carbonyl (C=O) groups is 2. The molecule has 2 aliphatic heterocycles. The number of nitrogens with one attached hydrogen (secondary N) is 1. The molecule has 176 valence electrons. The van der Waals surface area contributed by atoms with E-state index in [4.69, 9.17) is 4.74 Å². The second kappa shape index (κ2) is 9.66. The summed E-state index contributed by atoms with van der Waals surface area (Å²) < 4.78 is 19.7. The number of fused-ring (bicyclic) bond motifs is 2. The van der Waals surface area contributed by atoms with E-state index >= 15 is 0 Å². The molecule has 0 unspecified atom stereocenters. The fraction of sp³-hybridized carbons (Fsp3) is 0.333. The highest BCUT2D eigenvalue weighted by molar-refractivity contribution is 7.99. The Morgan fingerprint density at radius 1 is 1.06 bits per heavy atom. The lowest BCUT2D eigenvalue weighted by atomic mass is 9.94. The number of ether oxygens (including phenoxy) is 1. The van der Waals surface area contributed by atoms with Crippen LogP contribution in [0.2, 0.25) is 0 Å². The largest absolute Gasteiger partial charge is 0.496 e. The van der Waals surface area contributed by atoms with Gasteiger partial charge in [0.25, 0.3) is 5.91 Å². The van der Waals surface area contributed by atoms with Crippen LogP contribution in [0.1, 0.15) is 41.2 Å². The van der Waals surface area contributed by atoms with E-state index in [0.29, 0.717) is 23.5 Å². The fourth-order valence-corrected chi connectivity index (χ4v) is 6.15. The van der Waals surface area contributed by atoms with Gasteiger partial charge in [-0.05, 0) is 48.4 Å². The van der Waals surface area contributed by atoms with Gasteiger partial charge in [0.05, 0.1) is 19.1 Å². The maximum atomic E-state index is 14.2. The smallest absolute Gasteiger partial charge is 0.254 e. The Balaban J connectivity index is 1.32. The van der Waals surface area contributed by atoms with Crippen LogP contribution in [0.4, 0.5) is 4.39 Å². The Labute approximate surface area is 202 Å². The van der Waals surface area contributed by atoms with E-state index in [-0.39, 0.29) is 29.6 Å². The highest BCUT2D eigenvalue weighted by Crippen LogP contribution is 2.38. The van der Waals surface area contributed by atoms with Gasteiger partial charge in [0.1, 0.15) is 11.6 Å². The number of piperidine rings is 1. The number of amides is 2. The Hall–Kier alpha value is -3.06. The van der Waals surface area contributed by atoms with Crippen molar-refractivity contribution >= 4 is 34.3 Å². The van der Waals surface area contributed by atoms with Crippen molar-refractivity contribution < 1.29 is 18.7 Å². The molecule has 1 N–H and O–H groups in total. The minimum atomic E-state index is -0.284. The summed E-state index contributed by atoms with van der Waals surface area (Å²) in [5.74, 6) is 0.836. The Morgan fingerprint density at radius 3 is 2.71 bits per heavy atom. The molecule has 5 rings (SSSR count). The summed E-state index contributed by atoms with van der Waals surface area (Å²) in [4.78, 5) is 29.1. The van der Waals surface area contributed by atoms with E-state index in [0.717, 1.165) is 47.1 Å². The molecule has 0 aromatic heterocycles. The number of methoxy groups -OCH3 is 1. The van der Waals surface area contributed by atoms with Crippen molar-refractivity contribution in [3.8, 4) is 5.75 Å². The lowest BCUT2D eigenvalue weighted by molar-refractivity contribution is -0.127. The number of thioether (sulfide) groups is 1. The molecule has 2 heterocycles. The summed E-state index contributed by atoms with van der Waals surface area (Å²) >= 11 is 1.50.